The molecule has 0 aromatic carbocycles. The van der Waals surface area contributed by atoms with Crippen molar-refractivity contribution in [1.82, 2.24) is 0 Å². The molecule has 1 atom stereocenters. The van der Waals surface area contributed by atoms with Crippen molar-refractivity contribution in [3.05, 3.63) is 24.3 Å². The molecule has 0 aromatic rings. The van der Waals surface area contributed by atoms with Gasteiger partial charge in [-0.15, -0.1) is 0 Å². The van der Waals surface area contributed by atoms with Gasteiger partial charge in [0, 0.05) is 12.8 Å². The van der Waals surface area contributed by atoms with E-state index >= 15 is 0 Å². The van der Waals surface area contributed by atoms with Gasteiger partial charge in [-0.3, -0.25) is 0 Å². The number of hydrogen-bond donors (Lipinski definition) is 0. The molecule has 0 heterocycles. The Balaban J connectivity index is 2.68. The minimum atomic E-state index is -1.40. The normalized spacial score (nSPS) is 27.8. The summed E-state index contributed by atoms with van der Waals surface area (Å²) in [6.07, 6.45) is 7.94. The predicted molar refractivity (Wildman–Crippen MR) is 44.8 cm³/mol. The standard InChI is InChI=1S/C10H11F/c1-2-3-7-10(11)8-5-4-6-9-10/h4-6,8H,2,9H2,1H3. The van der Waals surface area contributed by atoms with E-state index in [-0.39, 0.29) is 0 Å². The van der Waals surface area contributed by atoms with Crippen LogP contribution in [0.2, 0.25) is 0 Å². The van der Waals surface area contributed by atoms with Crippen molar-refractivity contribution in [3.63, 3.8) is 0 Å². The molecular weight excluding hydrogens is 139 g/mol. The maximum Gasteiger partial charge on any atom is 0.192 e. The van der Waals surface area contributed by atoms with Crippen LogP contribution in [-0.4, -0.2) is 5.67 Å². The first kappa shape index (κ1) is 8.07. The fraction of sp³-hybridized carbons (Fsp3) is 0.400. The third-order valence-corrected chi connectivity index (χ3v) is 1.50. The molecule has 1 rings (SSSR count). The number of rotatable bonds is 0. The highest BCUT2D eigenvalue weighted by Crippen LogP contribution is 2.20. The lowest BCUT2D eigenvalue weighted by Crippen LogP contribution is -2.17. The highest BCUT2D eigenvalue weighted by molar-refractivity contribution is 5.30. The molecule has 0 saturated heterocycles. The van der Waals surface area contributed by atoms with Gasteiger partial charge in [-0.25, -0.2) is 4.39 Å². The molecule has 0 saturated carbocycles. The van der Waals surface area contributed by atoms with Gasteiger partial charge in [-0.2, -0.15) is 0 Å². The number of allylic oxidation sites excluding steroid dienone is 4. The maximum absolute atomic E-state index is 13.4. The third-order valence-electron chi connectivity index (χ3n) is 1.50. The number of alkyl halides is 1. The minimum absolute atomic E-state index is 0.385. The fourth-order valence-corrected chi connectivity index (χ4v) is 0.922. The van der Waals surface area contributed by atoms with Crippen LogP contribution in [0.5, 0.6) is 0 Å². The van der Waals surface area contributed by atoms with Gasteiger partial charge in [0.15, 0.2) is 5.67 Å². The molecule has 58 valence electrons. The molecule has 0 spiro atoms. The molecule has 0 nitrogen and oxygen atoms in total. The average molecular weight is 150 g/mol. The second-order valence-corrected chi connectivity index (χ2v) is 2.51. The van der Waals surface area contributed by atoms with Gasteiger partial charge in [0.1, 0.15) is 0 Å². The smallest absolute Gasteiger partial charge is 0.192 e. The van der Waals surface area contributed by atoms with Crippen molar-refractivity contribution < 1.29 is 4.39 Å². The van der Waals surface area contributed by atoms with E-state index in [1.165, 1.54) is 6.08 Å². The zero-order valence-electron chi connectivity index (χ0n) is 6.60. The predicted octanol–water partition coefficient (Wildman–Crippen LogP) is 2.62. The topological polar surface area (TPSA) is 0 Å². The molecule has 0 aliphatic heterocycles. The molecule has 0 amide bonds. The molecule has 1 unspecified atom stereocenters. The summed E-state index contributed by atoms with van der Waals surface area (Å²) in [7, 11) is 0. The van der Waals surface area contributed by atoms with E-state index < -0.39 is 5.67 Å². The summed E-state index contributed by atoms with van der Waals surface area (Å²) in [6, 6.07) is 0. The summed E-state index contributed by atoms with van der Waals surface area (Å²) in [5.74, 6) is 5.34. The van der Waals surface area contributed by atoms with Crippen LogP contribution < -0.4 is 0 Å². The number of halogens is 1. The summed E-state index contributed by atoms with van der Waals surface area (Å²) < 4.78 is 13.4. The third kappa shape index (κ3) is 2.23. The Labute approximate surface area is 66.8 Å². The van der Waals surface area contributed by atoms with Crippen LogP contribution in [0.25, 0.3) is 0 Å². The van der Waals surface area contributed by atoms with E-state index in [0.717, 1.165) is 0 Å². The van der Waals surface area contributed by atoms with Gasteiger partial charge in [0.2, 0.25) is 0 Å². The summed E-state index contributed by atoms with van der Waals surface area (Å²) >= 11 is 0. The van der Waals surface area contributed by atoms with Crippen LogP contribution in [0.4, 0.5) is 4.39 Å². The second kappa shape index (κ2) is 3.39. The number of hydrogen-bond acceptors (Lipinski definition) is 0. The molecule has 0 aromatic heterocycles. The Morgan fingerprint density at radius 3 is 2.91 bits per heavy atom. The lowest BCUT2D eigenvalue weighted by molar-refractivity contribution is 0.313. The molecule has 1 heteroatoms. The second-order valence-electron chi connectivity index (χ2n) is 2.51. The molecule has 0 bridgehead atoms. The molecular formula is C10H11F. The van der Waals surface area contributed by atoms with Crippen LogP contribution in [0.15, 0.2) is 24.3 Å². The Bertz CT molecular complexity index is 239. The van der Waals surface area contributed by atoms with Gasteiger partial charge in [0.25, 0.3) is 0 Å². The van der Waals surface area contributed by atoms with Crippen molar-refractivity contribution in [2.75, 3.05) is 0 Å². The zero-order chi connectivity index (χ0) is 8.16. The van der Waals surface area contributed by atoms with Crippen molar-refractivity contribution in [2.45, 2.75) is 25.4 Å². The van der Waals surface area contributed by atoms with Crippen LogP contribution in [0.3, 0.4) is 0 Å². The average Bonchev–Trinajstić information content (AvgIpc) is 2.03. The molecule has 0 fully saturated rings. The van der Waals surface area contributed by atoms with Gasteiger partial charge in [-0.1, -0.05) is 37.0 Å². The summed E-state index contributed by atoms with van der Waals surface area (Å²) in [5, 5.41) is 0. The van der Waals surface area contributed by atoms with E-state index in [4.69, 9.17) is 0 Å². The van der Waals surface area contributed by atoms with Gasteiger partial charge in [-0.05, 0) is 6.08 Å². The highest BCUT2D eigenvalue weighted by Gasteiger charge is 2.22. The first-order chi connectivity index (χ1) is 5.27. The van der Waals surface area contributed by atoms with Crippen molar-refractivity contribution >= 4 is 0 Å². The van der Waals surface area contributed by atoms with Crippen molar-refractivity contribution in [3.8, 4) is 11.8 Å². The molecule has 0 radical (unpaired) electrons. The summed E-state index contributed by atoms with van der Waals surface area (Å²) in [6.45, 7) is 1.92. The first-order valence-corrected chi connectivity index (χ1v) is 3.80. The Morgan fingerprint density at radius 1 is 1.55 bits per heavy atom. The summed E-state index contributed by atoms with van der Waals surface area (Å²) in [5.41, 5.74) is -1.40. The maximum atomic E-state index is 13.4. The fourth-order valence-electron chi connectivity index (χ4n) is 0.922. The van der Waals surface area contributed by atoms with E-state index in [1.807, 2.05) is 13.0 Å². The van der Waals surface area contributed by atoms with Crippen LogP contribution in [0.1, 0.15) is 19.8 Å². The van der Waals surface area contributed by atoms with Crippen LogP contribution >= 0.6 is 0 Å². The quantitative estimate of drug-likeness (QED) is 0.466. The van der Waals surface area contributed by atoms with Crippen molar-refractivity contribution in [1.29, 1.82) is 0 Å². The Kier molecular flexibility index (Phi) is 2.48. The lowest BCUT2D eigenvalue weighted by Gasteiger charge is -2.13. The lowest BCUT2D eigenvalue weighted by atomic mass is 9.98. The minimum Gasteiger partial charge on any atom is -0.225 e. The molecule has 1 aliphatic carbocycles. The van der Waals surface area contributed by atoms with Crippen molar-refractivity contribution in [2.24, 2.45) is 0 Å². The first-order valence-electron chi connectivity index (χ1n) is 3.80. The monoisotopic (exact) mass is 150 g/mol. The SMILES string of the molecule is CCC#CC1(F)C=CC=CC1. The van der Waals surface area contributed by atoms with E-state index in [9.17, 15) is 4.39 Å². The van der Waals surface area contributed by atoms with E-state index in [1.54, 1.807) is 12.2 Å². The van der Waals surface area contributed by atoms with Crippen LogP contribution in [0, 0.1) is 11.8 Å². The highest BCUT2D eigenvalue weighted by atomic mass is 19.1. The summed E-state index contributed by atoms with van der Waals surface area (Å²) in [4.78, 5) is 0. The van der Waals surface area contributed by atoms with Gasteiger partial charge < -0.3 is 0 Å². The Hall–Kier alpha value is -1.03. The Morgan fingerprint density at radius 2 is 2.36 bits per heavy atom. The van der Waals surface area contributed by atoms with E-state index in [2.05, 4.69) is 11.8 Å². The van der Waals surface area contributed by atoms with Gasteiger partial charge in [0.05, 0.1) is 0 Å². The van der Waals surface area contributed by atoms with Crippen LogP contribution in [-0.2, 0) is 0 Å². The van der Waals surface area contributed by atoms with E-state index in [0.29, 0.717) is 12.8 Å². The van der Waals surface area contributed by atoms with Gasteiger partial charge >= 0.3 is 0 Å². The molecule has 1 aliphatic rings. The molecule has 11 heavy (non-hydrogen) atoms. The zero-order valence-corrected chi connectivity index (χ0v) is 6.60. The molecule has 0 N–H and O–H groups in total. The largest absolute Gasteiger partial charge is 0.225 e.